The van der Waals surface area contributed by atoms with E-state index in [0.29, 0.717) is 28.6 Å². The minimum Gasteiger partial charge on any atom is -0.379 e. The summed E-state index contributed by atoms with van der Waals surface area (Å²) in [6, 6.07) is 8.05. The maximum Gasteiger partial charge on any atom is 0.172 e. The number of ketones is 1. The van der Waals surface area contributed by atoms with Crippen molar-refractivity contribution in [3.8, 4) is 0 Å². The Morgan fingerprint density at radius 2 is 2.21 bits per heavy atom. The van der Waals surface area contributed by atoms with Crippen LogP contribution in [0.3, 0.4) is 0 Å². The van der Waals surface area contributed by atoms with Gasteiger partial charge in [-0.05, 0) is 38.3 Å². The molecule has 1 aliphatic heterocycles. The molecule has 3 rings (SSSR count). The Kier molecular flexibility index (Phi) is 4.49. The van der Waals surface area contributed by atoms with Crippen LogP contribution in [0.5, 0.6) is 0 Å². The third-order valence-electron chi connectivity index (χ3n) is 4.42. The van der Waals surface area contributed by atoms with Gasteiger partial charge in [0.2, 0.25) is 0 Å². The Morgan fingerprint density at radius 3 is 2.88 bits per heavy atom. The van der Waals surface area contributed by atoms with Crippen molar-refractivity contribution in [3.63, 3.8) is 0 Å². The van der Waals surface area contributed by atoms with Gasteiger partial charge in [0.1, 0.15) is 5.76 Å². The molecular weight excluding hydrogens is 322 g/mol. The van der Waals surface area contributed by atoms with E-state index >= 15 is 0 Å². The summed E-state index contributed by atoms with van der Waals surface area (Å²) in [5.41, 5.74) is 8.87. The van der Waals surface area contributed by atoms with Crippen molar-refractivity contribution in [2.24, 2.45) is 10.7 Å². The topological polar surface area (TPSA) is 81.5 Å². The third-order valence-corrected chi connectivity index (χ3v) is 5.22. The summed E-state index contributed by atoms with van der Waals surface area (Å²) in [4.78, 5) is 17.2. The number of aromatic nitrogens is 1. The number of carbonyl (C=O) groups excluding carboxylic acids is 1. The van der Waals surface area contributed by atoms with Crippen LogP contribution in [0.1, 0.15) is 46.3 Å². The number of nitrogens with two attached hydrogens (primary N) is 1. The van der Waals surface area contributed by atoms with Crippen molar-refractivity contribution >= 4 is 22.7 Å². The highest BCUT2D eigenvalue weighted by Crippen LogP contribution is 2.35. The van der Waals surface area contributed by atoms with E-state index in [0.717, 1.165) is 23.3 Å². The summed E-state index contributed by atoms with van der Waals surface area (Å²) in [6.45, 7) is 5.65. The van der Waals surface area contributed by atoms with E-state index in [4.69, 9.17) is 10.3 Å². The molecule has 1 aliphatic rings. The first-order valence-electron chi connectivity index (χ1n) is 7.93. The van der Waals surface area contributed by atoms with Gasteiger partial charge in [0, 0.05) is 12.2 Å². The minimum absolute atomic E-state index is 0.0239. The molecule has 1 atom stereocenters. The van der Waals surface area contributed by atoms with Gasteiger partial charge in [0.15, 0.2) is 11.0 Å². The minimum atomic E-state index is -0.322. The molecule has 1 aromatic carbocycles. The molecule has 1 aromatic heterocycles. The van der Waals surface area contributed by atoms with Crippen molar-refractivity contribution in [2.75, 3.05) is 5.75 Å². The smallest absolute Gasteiger partial charge is 0.172 e. The Hall–Kier alpha value is -2.08. The lowest BCUT2D eigenvalue weighted by molar-refractivity contribution is 0.0991. The van der Waals surface area contributed by atoms with Gasteiger partial charge >= 0.3 is 0 Å². The molecule has 0 bridgehead atoms. The second-order valence-corrected chi connectivity index (χ2v) is 7.44. The monoisotopic (exact) mass is 343 g/mol. The number of aliphatic imine (C=N–C) groups is 1. The lowest BCUT2D eigenvalue weighted by Gasteiger charge is -2.30. The molecule has 6 heteroatoms. The van der Waals surface area contributed by atoms with E-state index in [1.54, 1.807) is 25.6 Å². The molecule has 2 aromatic rings. The van der Waals surface area contributed by atoms with Crippen LogP contribution in [0.15, 0.2) is 33.8 Å². The van der Waals surface area contributed by atoms with E-state index in [-0.39, 0.29) is 11.3 Å². The van der Waals surface area contributed by atoms with Gasteiger partial charge in [-0.25, -0.2) is 0 Å². The SMILES string of the molecule is Cc1noc(C)c1C(=O)Cc1cccc(C2(C)CCSC(N)=N2)c1. The zero-order chi connectivity index (χ0) is 17.3. The molecular formula is C18H21N3O2S. The van der Waals surface area contributed by atoms with Gasteiger partial charge in [-0.2, -0.15) is 0 Å². The maximum atomic E-state index is 12.6. The van der Waals surface area contributed by atoms with Crippen LogP contribution in [0.2, 0.25) is 0 Å². The summed E-state index contributed by atoms with van der Waals surface area (Å²) < 4.78 is 5.10. The number of carbonyl (C=O) groups is 1. The van der Waals surface area contributed by atoms with Crippen molar-refractivity contribution in [3.05, 3.63) is 52.4 Å². The number of benzene rings is 1. The lowest BCUT2D eigenvalue weighted by Crippen LogP contribution is -2.28. The van der Waals surface area contributed by atoms with Crippen molar-refractivity contribution < 1.29 is 9.32 Å². The molecule has 0 saturated heterocycles. The number of nitrogens with zero attached hydrogens (tertiary/aromatic N) is 2. The molecule has 5 nitrogen and oxygen atoms in total. The Morgan fingerprint density at radius 1 is 1.42 bits per heavy atom. The van der Waals surface area contributed by atoms with Gasteiger partial charge in [-0.3, -0.25) is 9.79 Å². The molecule has 126 valence electrons. The lowest BCUT2D eigenvalue weighted by atomic mass is 9.88. The molecule has 0 aliphatic carbocycles. The normalized spacial score (nSPS) is 20.7. The molecule has 2 heterocycles. The zero-order valence-electron chi connectivity index (χ0n) is 14.1. The van der Waals surface area contributed by atoms with Crippen LogP contribution in [-0.4, -0.2) is 21.9 Å². The van der Waals surface area contributed by atoms with E-state index < -0.39 is 0 Å². The average Bonchev–Trinajstić information content (AvgIpc) is 2.86. The van der Waals surface area contributed by atoms with E-state index in [2.05, 4.69) is 29.2 Å². The number of rotatable bonds is 4. The van der Waals surface area contributed by atoms with Gasteiger partial charge in [0.25, 0.3) is 0 Å². The number of amidine groups is 1. The highest BCUT2D eigenvalue weighted by molar-refractivity contribution is 8.13. The van der Waals surface area contributed by atoms with Crippen LogP contribution in [0.4, 0.5) is 0 Å². The number of thioether (sulfide) groups is 1. The fourth-order valence-electron chi connectivity index (χ4n) is 3.07. The predicted octanol–water partition coefficient (Wildman–Crippen LogP) is 3.38. The van der Waals surface area contributed by atoms with Crippen LogP contribution >= 0.6 is 11.8 Å². The molecule has 0 saturated carbocycles. The van der Waals surface area contributed by atoms with E-state index in [1.807, 2.05) is 12.1 Å². The molecule has 0 spiro atoms. The summed E-state index contributed by atoms with van der Waals surface area (Å²) in [6.07, 6.45) is 1.25. The summed E-state index contributed by atoms with van der Waals surface area (Å²) in [5.74, 6) is 1.55. The first-order chi connectivity index (χ1) is 11.4. The number of aryl methyl sites for hydroxylation is 2. The highest BCUT2D eigenvalue weighted by Gasteiger charge is 2.29. The first-order valence-corrected chi connectivity index (χ1v) is 8.91. The van der Waals surface area contributed by atoms with Crippen molar-refractivity contribution in [1.82, 2.24) is 5.16 Å². The van der Waals surface area contributed by atoms with Crippen molar-refractivity contribution in [1.29, 1.82) is 0 Å². The van der Waals surface area contributed by atoms with E-state index in [9.17, 15) is 4.79 Å². The second kappa shape index (κ2) is 6.43. The number of Topliss-reactive ketones (excluding diaryl/α,β-unsaturated/α-hetero) is 1. The molecule has 0 radical (unpaired) electrons. The Labute approximate surface area is 145 Å². The summed E-state index contributed by atoms with van der Waals surface area (Å²) in [7, 11) is 0. The van der Waals surface area contributed by atoms with Gasteiger partial charge in [-0.15, -0.1) is 0 Å². The third kappa shape index (κ3) is 3.24. The standard InChI is InChI=1S/C18H21N3O2S/c1-11-16(12(2)23-21-11)15(22)10-13-5-4-6-14(9-13)18(3)7-8-24-17(19)20-18/h4-6,9H,7-8,10H2,1-3H3,(H2,19,20). The number of hydrogen-bond donors (Lipinski definition) is 1. The van der Waals surface area contributed by atoms with Crippen LogP contribution < -0.4 is 5.73 Å². The van der Waals surface area contributed by atoms with E-state index in [1.165, 1.54) is 0 Å². The van der Waals surface area contributed by atoms with Crippen LogP contribution in [0, 0.1) is 13.8 Å². The molecule has 24 heavy (non-hydrogen) atoms. The average molecular weight is 343 g/mol. The van der Waals surface area contributed by atoms with Crippen LogP contribution in [-0.2, 0) is 12.0 Å². The molecule has 1 unspecified atom stereocenters. The highest BCUT2D eigenvalue weighted by atomic mass is 32.2. The Balaban J connectivity index is 1.86. The van der Waals surface area contributed by atoms with Gasteiger partial charge in [-0.1, -0.05) is 41.2 Å². The second-order valence-electron chi connectivity index (χ2n) is 6.32. The molecule has 0 amide bonds. The fourth-order valence-corrected chi connectivity index (χ4v) is 4.04. The maximum absolute atomic E-state index is 12.6. The summed E-state index contributed by atoms with van der Waals surface area (Å²) in [5, 5.41) is 4.49. The number of hydrogen-bond acceptors (Lipinski definition) is 6. The van der Waals surface area contributed by atoms with Crippen molar-refractivity contribution in [2.45, 2.75) is 39.2 Å². The summed E-state index contributed by atoms with van der Waals surface area (Å²) >= 11 is 1.59. The van der Waals surface area contributed by atoms with Gasteiger partial charge in [0.05, 0.1) is 16.8 Å². The quantitative estimate of drug-likeness (QED) is 0.861. The predicted molar refractivity (Wildman–Crippen MR) is 96.5 cm³/mol. The molecule has 2 N–H and O–H groups in total. The first kappa shape index (κ1) is 16.8. The fraction of sp³-hybridized carbons (Fsp3) is 0.389. The largest absolute Gasteiger partial charge is 0.379 e. The van der Waals surface area contributed by atoms with Gasteiger partial charge < -0.3 is 10.3 Å². The Bertz CT molecular complexity index is 793. The molecule has 0 fully saturated rings. The van der Waals surface area contributed by atoms with Crippen LogP contribution in [0.25, 0.3) is 0 Å². The zero-order valence-corrected chi connectivity index (χ0v) is 14.9.